The first kappa shape index (κ1) is 19.1. The van der Waals surface area contributed by atoms with Crippen LogP contribution in [0, 0.1) is 0 Å². The third kappa shape index (κ3) is 4.55. The van der Waals surface area contributed by atoms with E-state index in [4.69, 9.17) is 0 Å². The average molecular weight is 365 g/mol. The van der Waals surface area contributed by atoms with Crippen LogP contribution in [0.1, 0.15) is 40.4 Å². The zero-order valence-electron chi connectivity index (χ0n) is 16.0. The van der Waals surface area contributed by atoms with Crippen molar-refractivity contribution >= 4 is 11.8 Å². The zero-order chi connectivity index (χ0) is 19.2. The van der Waals surface area contributed by atoms with Gasteiger partial charge in [-0.25, -0.2) is 0 Å². The van der Waals surface area contributed by atoms with E-state index in [1.807, 2.05) is 66.5 Å². The number of amides is 2. The summed E-state index contributed by atoms with van der Waals surface area (Å²) >= 11 is 0. The third-order valence-corrected chi connectivity index (χ3v) is 5.08. The third-order valence-electron chi connectivity index (χ3n) is 5.08. The Morgan fingerprint density at radius 3 is 2.26 bits per heavy atom. The number of carbonyl (C=O) groups excluding carboxylic acids is 2. The van der Waals surface area contributed by atoms with Crippen molar-refractivity contribution in [1.29, 1.82) is 0 Å². The maximum absolute atomic E-state index is 13.2. The van der Waals surface area contributed by atoms with Crippen LogP contribution in [0.25, 0.3) is 0 Å². The maximum Gasteiger partial charge on any atom is 0.251 e. The van der Waals surface area contributed by atoms with Gasteiger partial charge in [0.05, 0.1) is 0 Å². The Morgan fingerprint density at radius 1 is 1.04 bits per heavy atom. The van der Waals surface area contributed by atoms with Gasteiger partial charge < -0.3 is 10.2 Å². The standard InChI is InChI=1S/C22H27N3O2/c1-23-21(26)19-12-10-17(11-13-19)16-24(2)20(18-8-4-3-5-9-18)22(27)25-14-6-7-15-25/h3-5,8-13,20H,6-7,14-16H2,1-2H3,(H,23,26)/t20-/m0/s1. The van der Waals surface area contributed by atoms with Crippen molar-refractivity contribution in [3.8, 4) is 0 Å². The monoisotopic (exact) mass is 365 g/mol. The van der Waals surface area contributed by atoms with Crippen LogP contribution in [0.4, 0.5) is 0 Å². The molecule has 2 amide bonds. The Kier molecular flexibility index (Phi) is 6.24. The fourth-order valence-corrected chi connectivity index (χ4v) is 3.62. The number of rotatable bonds is 6. The first-order chi connectivity index (χ1) is 13.1. The highest BCUT2D eigenvalue weighted by molar-refractivity contribution is 5.93. The van der Waals surface area contributed by atoms with Gasteiger partial charge in [-0.2, -0.15) is 0 Å². The van der Waals surface area contributed by atoms with Crippen LogP contribution >= 0.6 is 0 Å². The zero-order valence-corrected chi connectivity index (χ0v) is 16.0. The van der Waals surface area contributed by atoms with E-state index in [0.717, 1.165) is 37.1 Å². The second-order valence-electron chi connectivity index (χ2n) is 7.04. The summed E-state index contributed by atoms with van der Waals surface area (Å²) < 4.78 is 0. The molecule has 1 N–H and O–H groups in total. The lowest BCUT2D eigenvalue weighted by Crippen LogP contribution is -2.40. The molecular formula is C22H27N3O2. The van der Waals surface area contributed by atoms with E-state index < -0.39 is 0 Å². The molecule has 2 aromatic carbocycles. The van der Waals surface area contributed by atoms with E-state index in [2.05, 4.69) is 10.2 Å². The van der Waals surface area contributed by atoms with Crippen LogP contribution in [0.3, 0.4) is 0 Å². The van der Waals surface area contributed by atoms with Gasteiger partial charge >= 0.3 is 0 Å². The van der Waals surface area contributed by atoms with Gasteiger partial charge in [0.1, 0.15) is 6.04 Å². The maximum atomic E-state index is 13.2. The Hall–Kier alpha value is -2.66. The molecular weight excluding hydrogens is 338 g/mol. The lowest BCUT2D eigenvalue weighted by molar-refractivity contribution is -0.136. The number of hydrogen-bond donors (Lipinski definition) is 1. The summed E-state index contributed by atoms with van der Waals surface area (Å²) in [5.74, 6) is 0.0736. The van der Waals surface area contributed by atoms with E-state index in [0.29, 0.717) is 12.1 Å². The molecule has 1 aliphatic heterocycles. The normalized spacial score (nSPS) is 15.0. The van der Waals surface area contributed by atoms with Crippen molar-refractivity contribution in [2.24, 2.45) is 0 Å². The van der Waals surface area contributed by atoms with Gasteiger partial charge in [0.25, 0.3) is 5.91 Å². The van der Waals surface area contributed by atoms with Crippen molar-refractivity contribution < 1.29 is 9.59 Å². The fourth-order valence-electron chi connectivity index (χ4n) is 3.62. The number of hydrogen-bond acceptors (Lipinski definition) is 3. The molecule has 2 aromatic rings. The number of likely N-dealkylation sites (N-methyl/N-ethyl adjacent to an activating group) is 1. The van der Waals surface area contributed by atoms with Crippen molar-refractivity contribution in [3.05, 3.63) is 71.3 Å². The predicted octanol–water partition coefficient (Wildman–Crippen LogP) is 2.84. The molecule has 1 atom stereocenters. The fraction of sp³-hybridized carbons (Fsp3) is 0.364. The topological polar surface area (TPSA) is 52.7 Å². The summed E-state index contributed by atoms with van der Waals surface area (Å²) in [4.78, 5) is 29.0. The van der Waals surface area contributed by atoms with Gasteiger partial charge in [0.15, 0.2) is 0 Å². The van der Waals surface area contributed by atoms with Crippen molar-refractivity contribution in [2.75, 3.05) is 27.2 Å². The van der Waals surface area contributed by atoms with Crippen molar-refractivity contribution in [2.45, 2.75) is 25.4 Å². The minimum Gasteiger partial charge on any atom is -0.355 e. The van der Waals surface area contributed by atoms with E-state index in [9.17, 15) is 9.59 Å². The number of nitrogens with zero attached hydrogens (tertiary/aromatic N) is 2. The number of benzene rings is 2. The highest BCUT2D eigenvalue weighted by Gasteiger charge is 2.30. The Bertz CT molecular complexity index is 768. The molecule has 3 rings (SSSR count). The molecule has 0 radical (unpaired) electrons. The summed E-state index contributed by atoms with van der Waals surface area (Å²) in [5, 5.41) is 2.63. The minimum absolute atomic E-state index is 0.0960. The molecule has 0 aromatic heterocycles. The summed E-state index contributed by atoms with van der Waals surface area (Å²) in [7, 11) is 3.61. The number of carbonyl (C=O) groups is 2. The molecule has 1 saturated heterocycles. The molecule has 1 heterocycles. The van der Waals surface area contributed by atoms with Gasteiger partial charge in [0.2, 0.25) is 5.91 Å². The van der Waals surface area contributed by atoms with E-state index in [1.165, 1.54) is 0 Å². The van der Waals surface area contributed by atoms with Crippen LogP contribution in [0.15, 0.2) is 54.6 Å². The molecule has 0 saturated carbocycles. The molecule has 27 heavy (non-hydrogen) atoms. The first-order valence-electron chi connectivity index (χ1n) is 9.45. The van der Waals surface area contributed by atoms with Gasteiger partial charge in [0, 0.05) is 32.2 Å². The average Bonchev–Trinajstić information content (AvgIpc) is 3.24. The molecule has 142 valence electrons. The quantitative estimate of drug-likeness (QED) is 0.856. The highest BCUT2D eigenvalue weighted by Crippen LogP contribution is 2.25. The second kappa shape index (κ2) is 8.82. The van der Waals surface area contributed by atoms with Gasteiger partial charge in [-0.3, -0.25) is 14.5 Å². The van der Waals surface area contributed by atoms with E-state index in [1.54, 1.807) is 7.05 Å². The Labute approximate surface area is 161 Å². The molecule has 0 aliphatic carbocycles. The van der Waals surface area contributed by atoms with E-state index >= 15 is 0 Å². The van der Waals surface area contributed by atoms with Gasteiger partial charge in [-0.1, -0.05) is 42.5 Å². The van der Waals surface area contributed by atoms with Crippen LogP contribution in [0.2, 0.25) is 0 Å². The molecule has 5 heteroatoms. The highest BCUT2D eigenvalue weighted by atomic mass is 16.2. The number of nitrogens with one attached hydrogen (secondary N) is 1. The summed E-state index contributed by atoms with van der Waals surface area (Å²) in [6.07, 6.45) is 2.16. The van der Waals surface area contributed by atoms with Crippen LogP contribution in [-0.2, 0) is 11.3 Å². The van der Waals surface area contributed by atoms with Crippen molar-refractivity contribution in [1.82, 2.24) is 15.1 Å². The Morgan fingerprint density at radius 2 is 1.67 bits per heavy atom. The van der Waals surface area contributed by atoms with Crippen LogP contribution < -0.4 is 5.32 Å². The minimum atomic E-state index is -0.303. The second-order valence-corrected chi connectivity index (χ2v) is 7.04. The lowest BCUT2D eigenvalue weighted by Gasteiger charge is -2.31. The molecule has 1 aliphatic rings. The molecule has 0 unspecified atom stereocenters. The lowest BCUT2D eigenvalue weighted by atomic mass is 10.0. The largest absolute Gasteiger partial charge is 0.355 e. The SMILES string of the molecule is CNC(=O)c1ccc(CN(C)[C@H](C(=O)N2CCCC2)c2ccccc2)cc1. The molecule has 1 fully saturated rings. The van der Waals surface area contributed by atoms with Crippen LogP contribution in [0.5, 0.6) is 0 Å². The first-order valence-corrected chi connectivity index (χ1v) is 9.45. The Balaban J connectivity index is 1.79. The smallest absolute Gasteiger partial charge is 0.251 e. The van der Waals surface area contributed by atoms with Crippen LogP contribution in [-0.4, -0.2) is 48.8 Å². The summed E-state index contributed by atoms with van der Waals surface area (Å²) in [6, 6.07) is 17.2. The molecule has 0 bridgehead atoms. The predicted molar refractivity (Wildman–Crippen MR) is 106 cm³/mol. The molecule has 0 spiro atoms. The van der Waals surface area contributed by atoms with Gasteiger partial charge in [-0.15, -0.1) is 0 Å². The summed E-state index contributed by atoms with van der Waals surface area (Å²) in [5.41, 5.74) is 2.72. The number of likely N-dealkylation sites (tertiary alicyclic amines) is 1. The van der Waals surface area contributed by atoms with E-state index in [-0.39, 0.29) is 17.9 Å². The molecule has 5 nitrogen and oxygen atoms in total. The van der Waals surface area contributed by atoms with Gasteiger partial charge in [-0.05, 0) is 43.1 Å². The van der Waals surface area contributed by atoms with Crippen molar-refractivity contribution in [3.63, 3.8) is 0 Å². The summed E-state index contributed by atoms with van der Waals surface area (Å²) in [6.45, 7) is 2.32.